The van der Waals surface area contributed by atoms with E-state index in [9.17, 15) is 9.90 Å². The smallest absolute Gasteiger partial charge is 0.269 e. The molecule has 0 saturated carbocycles. The third-order valence-electron chi connectivity index (χ3n) is 2.34. The van der Waals surface area contributed by atoms with E-state index in [4.69, 9.17) is 0 Å². The largest absolute Gasteiger partial charge is 0.391 e. The second kappa shape index (κ2) is 6.85. The molecule has 0 aromatic carbocycles. The lowest BCUT2D eigenvalue weighted by atomic mass is 10.2. The van der Waals surface area contributed by atoms with Crippen LogP contribution < -0.4 is 10.6 Å². The minimum atomic E-state index is -0.379. The number of aliphatic hydroxyl groups excluding tert-OH is 1. The topological polar surface area (TPSA) is 74.2 Å². The lowest BCUT2D eigenvalue weighted by molar-refractivity contribution is 0.0951. The van der Waals surface area contributed by atoms with Crippen LogP contribution in [0.5, 0.6) is 0 Å². The number of anilines is 1. The second-order valence-electron chi connectivity index (χ2n) is 3.73. The fourth-order valence-electron chi connectivity index (χ4n) is 1.30. The van der Waals surface area contributed by atoms with Gasteiger partial charge in [-0.15, -0.1) is 0 Å². The van der Waals surface area contributed by atoms with E-state index in [-0.39, 0.29) is 12.0 Å². The average Bonchev–Trinajstić information content (AvgIpc) is 2.36. The van der Waals surface area contributed by atoms with Crippen LogP contribution in [0.1, 0.15) is 30.8 Å². The molecule has 0 aliphatic rings. The Kier molecular flexibility index (Phi) is 5.42. The molecule has 0 aliphatic heterocycles. The highest BCUT2D eigenvalue weighted by Crippen LogP contribution is 2.08. The van der Waals surface area contributed by atoms with Gasteiger partial charge < -0.3 is 15.7 Å². The number of hydrogen-bond donors (Lipinski definition) is 3. The molecule has 0 saturated heterocycles. The minimum absolute atomic E-state index is 0.188. The first-order valence-corrected chi connectivity index (χ1v) is 5.83. The first-order valence-electron chi connectivity index (χ1n) is 5.83. The molecule has 0 aliphatic carbocycles. The Hall–Kier alpha value is -1.62. The van der Waals surface area contributed by atoms with Crippen LogP contribution in [0.15, 0.2) is 18.3 Å². The highest BCUT2D eigenvalue weighted by atomic mass is 16.3. The van der Waals surface area contributed by atoms with Gasteiger partial charge in [-0.05, 0) is 25.5 Å². The summed E-state index contributed by atoms with van der Waals surface area (Å²) in [5, 5.41) is 15.2. The van der Waals surface area contributed by atoms with Gasteiger partial charge in [-0.2, -0.15) is 0 Å². The summed E-state index contributed by atoms with van der Waals surface area (Å²) in [4.78, 5) is 15.5. The zero-order valence-electron chi connectivity index (χ0n) is 10.2. The first kappa shape index (κ1) is 13.4. The number of carbonyl (C=O) groups excluding carboxylic acids is 1. The first-order chi connectivity index (χ1) is 8.17. The molecule has 0 radical (unpaired) electrons. The molecule has 0 bridgehead atoms. The Morgan fingerprint density at radius 1 is 1.53 bits per heavy atom. The van der Waals surface area contributed by atoms with Gasteiger partial charge in [0.05, 0.1) is 6.10 Å². The Morgan fingerprint density at radius 3 is 2.94 bits per heavy atom. The quantitative estimate of drug-likeness (QED) is 0.690. The van der Waals surface area contributed by atoms with Crippen molar-refractivity contribution in [2.75, 3.05) is 18.4 Å². The molecule has 5 heteroatoms. The average molecular weight is 237 g/mol. The van der Waals surface area contributed by atoms with Crippen molar-refractivity contribution in [2.24, 2.45) is 0 Å². The molecule has 0 spiro atoms. The normalized spacial score (nSPS) is 11.9. The van der Waals surface area contributed by atoms with Crippen LogP contribution in [-0.4, -0.2) is 35.2 Å². The summed E-state index contributed by atoms with van der Waals surface area (Å²) < 4.78 is 0. The molecule has 1 heterocycles. The van der Waals surface area contributed by atoms with Crippen molar-refractivity contribution in [1.82, 2.24) is 10.3 Å². The van der Waals surface area contributed by atoms with Gasteiger partial charge in [0.2, 0.25) is 0 Å². The van der Waals surface area contributed by atoms with Gasteiger partial charge in [0.25, 0.3) is 5.91 Å². The van der Waals surface area contributed by atoms with Crippen molar-refractivity contribution in [2.45, 2.75) is 26.4 Å². The molecule has 3 N–H and O–H groups in total. The zero-order chi connectivity index (χ0) is 12.7. The van der Waals surface area contributed by atoms with E-state index < -0.39 is 0 Å². The Balaban J connectivity index is 2.62. The number of amides is 1. The van der Waals surface area contributed by atoms with Gasteiger partial charge in [0, 0.05) is 25.0 Å². The van der Waals surface area contributed by atoms with Crippen molar-refractivity contribution in [3.8, 4) is 0 Å². The van der Waals surface area contributed by atoms with Gasteiger partial charge >= 0.3 is 0 Å². The van der Waals surface area contributed by atoms with Crippen molar-refractivity contribution in [3.05, 3.63) is 24.0 Å². The Bertz CT molecular complexity index is 369. The Morgan fingerprint density at radius 2 is 2.29 bits per heavy atom. The number of aromatic nitrogens is 1. The predicted octanol–water partition coefficient (Wildman–Crippen LogP) is 1.01. The Labute approximate surface area is 101 Å². The molecular weight excluding hydrogens is 218 g/mol. The summed E-state index contributed by atoms with van der Waals surface area (Å²) in [5.41, 5.74) is 1.16. The maximum absolute atomic E-state index is 11.5. The molecule has 0 fully saturated rings. The zero-order valence-corrected chi connectivity index (χ0v) is 10.2. The molecule has 1 unspecified atom stereocenters. The van der Waals surface area contributed by atoms with Crippen LogP contribution in [0.4, 0.5) is 5.69 Å². The molecule has 1 aromatic rings. The van der Waals surface area contributed by atoms with Gasteiger partial charge in [0.1, 0.15) is 5.69 Å². The molecule has 1 amide bonds. The third kappa shape index (κ3) is 4.40. The van der Waals surface area contributed by atoms with Crippen molar-refractivity contribution in [3.63, 3.8) is 0 Å². The standard InChI is InChI=1S/C12H19N3O2/c1-3-10(16)8-15-9-5-6-14-11(7-9)12(17)13-4-2/h5-7,10,16H,3-4,8H2,1-2H3,(H,13,17)(H,14,15). The highest BCUT2D eigenvalue weighted by molar-refractivity contribution is 5.93. The summed E-state index contributed by atoms with van der Waals surface area (Å²) in [7, 11) is 0. The number of hydrogen-bond acceptors (Lipinski definition) is 4. The van der Waals surface area contributed by atoms with E-state index in [0.29, 0.717) is 25.2 Å². The summed E-state index contributed by atoms with van der Waals surface area (Å²) in [6.07, 6.45) is 1.89. The maximum Gasteiger partial charge on any atom is 0.269 e. The fourth-order valence-corrected chi connectivity index (χ4v) is 1.30. The van der Waals surface area contributed by atoms with Gasteiger partial charge in [-0.1, -0.05) is 6.92 Å². The molecular formula is C12H19N3O2. The van der Waals surface area contributed by atoms with E-state index in [1.807, 2.05) is 13.8 Å². The summed E-state index contributed by atoms with van der Waals surface area (Å²) in [5.74, 6) is -0.188. The van der Waals surface area contributed by atoms with E-state index in [1.165, 1.54) is 0 Å². The van der Waals surface area contributed by atoms with Crippen molar-refractivity contribution < 1.29 is 9.90 Å². The number of carbonyl (C=O) groups is 1. The van der Waals surface area contributed by atoms with Gasteiger partial charge in [0.15, 0.2) is 0 Å². The van der Waals surface area contributed by atoms with E-state index in [2.05, 4.69) is 15.6 Å². The van der Waals surface area contributed by atoms with E-state index in [0.717, 1.165) is 5.69 Å². The summed E-state index contributed by atoms with van der Waals surface area (Å²) in [6, 6.07) is 3.44. The molecule has 1 atom stereocenters. The summed E-state index contributed by atoms with van der Waals surface area (Å²) >= 11 is 0. The fraction of sp³-hybridized carbons (Fsp3) is 0.500. The number of pyridine rings is 1. The third-order valence-corrected chi connectivity index (χ3v) is 2.34. The molecule has 1 rings (SSSR count). The number of rotatable bonds is 6. The predicted molar refractivity (Wildman–Crippen MR) is 67.0 cm³/mol. The van der Waals surface area contributed by atoms with Crippen molar-refractivity contribution in [1.29, 1.82) is 0 Å². The van der Waals surface area contributed by atoms with Crippen LogP contribution in [-0.2, 0) is 0 Å². The van der Waals surface area contributed by atoms with Crippen LogP contribution in [0.2, 0.25) is 0 Å². The van der Waals surface area contributed by atoms with Crippen LogP contribution in [0, 0.1) is 0 Å². The molecule has 17 heavy (non-hydrogen) atoms. The minimum Gasteiger partial charge on any atom is -0.391 e. The molecule has 1 aromatic heterocycles. The number of nitrogens with zero attached hydrogens (tertiary/aromatic N) is 1. The SMILES string of the molecule is CCNC(=O)c1cc(NCC(O)CC)ccn1. The van der Waals surface area contributed by atoms with E-state index in [1.54, 1.807) is 18.3 Å². The van der Waals surface area contributed by atoms with Gasteiger partial charge in [-0.25, -0.2) is 0 Å². The van der Waals surface area contributed by atoms with E-state index >= 15 is 0 Å². The monoisotopic (exact) mass is 237 g/mol. The van der Waals surface area contributed by atoms with Crippen LogP contribution in [0.3, 0.4) is 0 Å². The lowest BCUT2D eigenvalue weighted by Crippen LogP contribution is -2.24. The number of nitrogens with one attached hydrogen (secondary N) is 2. The van der Waals surface area contributed by atoms with Crippen LogP contribution in [0.25, 0.3) is 0 Å². The van der Waals surface area contributed by atoms with Crippen LogP contribution >= 0.6 is 0 Å². The molecule has 94 valence electrons. The highest BCUT2D eigenvalue weighted by Gasteiger charge is 2.07. The van der Waals surface area contributed by atoms with Crippen molar-refractivity contribution >= 4 is 11.6 Å². The second-order valence-corrected chi connectivity index (χ2v) is 3.73. The summed E-state index contributed by atoms with van der Waals surface area (Å²) in [6.45, 7) is 4.82. The van der Waals surface area contributed by atoms with Gasteiger partial charge in [-0.3, -0.25) is 9.78 Å². The maximum atomic E-state index is 11.5. The lowest BCUT2D eigenvalue weighted by Gasteiger charge is -2.11. The molecule has 5 nitrogen and oxygen atoms in total. The number of aliphatic hydroxyl groups is 1.